The van der Waals surface area contributed by atoms with Gasteiger partial charge < -0.3 is 11.1 Å². The highest BCUT2D eigenvalue weighted by Crippen LogP contribution is 2.32. The van der Waals surface area contributed by atoms with Crippen LogP contribution in [-0.4, -0.2) is 17.2 Å². The molecule has 7 heteroatoms. The van der Waals surface area contributed by atoms with Crippen molar-refractivity contribution in [3.63, 3.8) is 0 Å². The van der Waals surface area contributed by atoms with E-state index in [0.29, 0.717) is 22.3 Å². The molecule has 108 valence electrons. The highest BCUT2D eigenvalue weighted by atomic mass is 79.9. The van der Waals surface area contributed by atoms with Crippen LogP contribution in [0.5, 0.6) is 0 Å². The lowest BCUT2D eigenvalue weighted by atomic mass is 10.1. The van der Waals surface area contributed by atoms with E-state index in [4.69, 9.17) is 5.73 Å². The van der Waals surface area contributed by atoms with Crippen molar-refractivity contribution >= 4 is 38.2 Å². The van der Waals surface area contributed by atoms with Crippen LogP contribution in [0.15, 0.2) is 28.9 Å². The first kappa shape index (κ1) is 14.9. The molecule has 0 saturated heterocycles. The van der Waals surface area contributed by atoms with Gasteiger partial charge in [0.2, 0.25) is 0 Å². The third-order valence-electron chi connectivity index (χ3n) is 2.79. The van der Waals surface area contributed by atoms with Gasteiger partial charge in [-0.25, -0.2) is 0 Å². The molecule has 1 aromatic carbocycles. The number of benzene rings is 1. The van der Waals surface area contributed by atoms with Gasteiger partial charge in [0.25, 0.3) is 0 Å². The van der Waals surface area contributed by atoms with E-state index in [9.17, 15) is 13.2 Å². The van der Waals surface area contributed by atoms with E-state index < -0.39 is 18.6 Å². The Hall–Kier alpha value is -1.50. The van der Waals surface area contributed by atoms with Crippen LogP contribution in [0, 0.1) is 0 Å². The van der Waals surface area contributed by atoms with Gasteiger partial charge in [0, 0.05) is 15.9 Å². The van der Waals surface area contributed by atoms with Gasteiger partial charge in [-0.1, -0.05) is 15.9 Å². The fourth-order valence-corrected chi connectivity index (χ4v) is 2.35. The monoisotopic (exact) mass is 347 g/mol. The van der Waals surface area contributed by atoms with Crippen molar-refractivity contribution in [2.24, 2.45) is 0 Å². The standard InChI is InChI=1S/C13H13BrF3N3/c1-7(5-13(15,16)17)20-12-9-4-8(14)2-3-11(9)19-6-10(12)18/h2-4,6-7H,5,18H2,1H3,(H,19,20). The largest absolute Gasteiger partial charge is 0.396 e. The molecule has 0 spiro atoms. The number of nitrogens with one attached hydrogen (secondary N) is 1. The quantitative estimate of drug-likeness (QED) is 0.868. The van der Waals surface area contributed by atoms with Crippen molar-refractivity contribution < 1.29 is 13.2 Å². The smallest absolute Gasteiger partial charge is 0.391 e. The summed E-state index contributed by atoms with van der Waals surface area (Å²) in [5.41, 5.74) is 7.30. The minimum absolute atomic E-state index is 0.324. The molecule has 0 amide bonds. The van der Waals surface area contributed by atoms with E-state index in [2.05, 4.69) is 26.2 Å². The second-order valence-electron chi connectivity index (χ2n) is 4.61. The van der Waals surface area contributed by atoms with Crippen LogP contribution in [-0.2, 0) is 0 Å². The number of rotatable bonds is 3. The number of aromatic nitrogens is 1. The number of nitrogens with zero attached hydrogens (tertiary/aromatic N) is 1. The minimum Gasteiger partial charge on any atom is -0.396 e. The van der Waals surface area contributed by atoms with E-state index in [0.717, 1.165) is 4.47 Å². The first-order valence-corrected chi connectivity index (χ1v) is 6.72. The van der Waals surface area contributed by atoms with Crippen LogP contribution in [0.25, 0.3) is 10.9 Å². The van der Waals surface area contributed by atoms with Gasteiger partial charge in [-0.05, 0) is 25.1 Å². The minimum atomic E-state index is -4.22. The number of halogens is 4. The van der Waals surface area contributed by atoms with Gasteiger partial charge >= 0.3 is 6.18 Å². The topological polar surface area (TPSA) is 50.9 Å². The molecule has 2 rings (SSSR count). The predicted molar refractivity (Wildman–Crippen MR) is 77.6 cm³/mol. The molecule has 0 bridgehead atoms. The van der Waals surface area contributed by atoms with Gasteiger partial charge in [-0.15, -0.1) is 0 Å². The highest BCUT2D eigenvalue weighted by Gasteiger charge is 2.30. The van der Waals surface area contributed by atoms with E-state index in [1.165, 1.54) is 13.1 Å². The molecule has 20 heavy (non-hydrogen) atoms. The number of anilines is 2. The van der Waals surface area contributed by atoms with Crippen LogP contribution in [0.4, 0.5) is 24.5 Å². The lowest BCUT2D eigenvalue weighted by Gasteiger charge is -2.19. The average Bonchev–Trinajstić information content (AvgIpc) is 2.31. The molecule has 1 heterocycles. The maximum absolute atomic E-state index is 12.4. The zero-order valence-electron chi connectivity index (χ0n) is 10.6. The second kappa shape index (κ2) is 5.47. The molecule has 0 aliphatic rings. The van der Waals surface area contributed by atoms with Crippen molar-refractivity contribution in [1.82, 2.24) is 4.98 Å². The molecule has 1 atom stereocenters. The van der Waals surface area contributed by atoms with E-state index in [1.54, 1.807) is 12.1 Å². The van der Waals surface area contributed by atoms with Crippen molar-refractivity contribution in [2.45, 2.75) is 25.6 Å². The Bertz CT molecular complexity index is 623. The third-order valence-corrected chi connectivity index (χ3v) is 3.28. The molecule has 0 aliphatic heterocycles. The Morgan fingerprint density at radius 1 is 1.40 bits per heavy atom. The van der Waals surface area contributed by atoms with Crippen molar-refractivity contribution in [1.29, 1.82) is 0 Å². The first-order chi connectivity index (χ1) is 9.26. The first-order valence-electron chi connectivity index (χ1n) is 5.93. The van der Waals surface area contributed by atoms with Gasteiger partial charge in [-0.2, -0.15) is 13.2 Å². The van der Waals surface area contributed by atoms with E-state index in [-0.39, 0.29) is 0 Å². The molecule has 0 radical (unpaired) electrons. The molecule has 1 aromatic heterocycles. The van der Waals surface area contributed by atoms with E-state index in [1.807, 2.05) is 6.07 Å². The fourth-order valence-electron chi connectivity index (χ4n) is 1.99. The van der Waals surface area contributed by atoms with Gasteiger partial charge in [0.15, 0.2) is 0 Å². The van der Waals surface area contributed by atoms with Crippen LogP contribution >= 0.6 is 15.9 Å². The summed E-state index contributed by atoms with van der Waals surface area (Å²) in [6.45, 7) is 1.47. The van der Waals surface area contributed by atoms with Crippen LogP contribution in [0.3, 0.4) is 0 Å². The Morgan fingerprint density at radius 3 is 2.75 bits per heavy atom. The zero-order valence-corrected chi connectivity index (χ0v) is 12.2. The molecule has 2 aromatic rings. The Labute approximate surface area is 122 Å². The number of alkyl halides is 3. The number of hydrogen-bond donors (Lipinski definition) is 2. The highest BCUT2D eigenvalue weighted by molar-refractivity contribution is 9.10. The molecule has 1 unspecified atom stereocenters. The van der Waals surface area contributed by atoms with Crippen LogP contribution in [0.2, 0.25) is 0 Å². The summed E-state index contributed by atoms with van der Waals surface area (Å²) in [6, 6.07) is 4.59. The molecular formula is C13H13BrF3N3. The lowest BCUT2D eigenvalue weighted by Crippen LogP contribution is -2.24. The zero-order chi connectivity index (χ0) is 14.9. The second-order valence-corrected chi connectivity index (χ2v) is 5.53. The molecule has 0 fully saturated rings. The molecule has 0 saturated carbocycles. The normalized spacial score (nSPS) is 13.4. The lowest BCUT2D eigenvalue weighted by molar-refractivity contribution is -0.136. The maximum atomic E-state index is 12.4. The number of hydrogen-bond acceptors (Lipinski definition) is 3. The summed E-state index contributed by atoms with van der Waals surface area (Å²) in [5.74, 6) is 0. The number of fused-ring (bicyclic) bond motifs is 1. The van der Waals surface area contributed by atoms with Crippen molar-refractivity contribution in [3.05, 3.63) is 28.9 Å². The molecule has 0 aliphatic carbocycles. The van der Waals surface area contributed by atoms with Crippen LogP contribution in [0.1, 0.15) is 13.3 Å². The SMILES string of the molecule is CC(CC(F)(F)F)Nc1c(N)cnc2ccc(Br)cc12. The number of pyridine rings is 1. The van der Waals surface area contributed by atoms with Crippen molar-refractivity contribution in [3.8, 4) is 0 Å². The Kier molecular flexibility index (Phi) is 4.08. The summed E-state index contributed by atoms with van der Waals surface area (Å²) < 4.78 is 38.0. The maximum Gasteiger partial charge on any atom is 0.391 e. The molecular weight excluding hydrogens is 335 g/mol. The molecule has 3 N–H and O–H groups in total. The summed E-state index contributed by atoms with van der Waals surface area (Å²) in [5, 5.41) is 3.52. The van der Waals surface area contributed by atoms with Gasteiger partial charge in [-0.3, -0.25) is 4.98 Å². The molecule has 3 nitrogen and oxygen atoms in total. The Balaban J connectivity index is 2.37. The summed E-state index contributed by atoms with van der Waals surface area (Å²) >= 11 is 3.33. The van der Waals surface area contributed by atoms with E-state index >= 15 is 0 Å². The summed E-state index contributed by atoms with van der Waals surface area (Å²) in [4.78, 5) is 4.16. The number of nitrogen functional groups attached to an aromatic ring is 1. The van der Waals surface area contributed by atoms with Gasteiger partial charge in [0.05, 0.1) is 29.5 Å². The summed E-state index contributed by atoms with van der Waals surface area (Å²) in [7, 11) is 0. The Morgan fingerprint density at radius 2 is 2.10 bits per heavy atom. The average molecular weight is 348 g/mol. The fraction of sp³-hybridized carbons (Fsp3) is 0.308. The third kappa shape index (κ3) is 3.53. The van der Waals surface area contributed by atoms with Crippen molar-refractivity contribution in [2.75, 3.05) is 11.1 Å². The van der Waals surface area contributed by atoms with Gasteiger partial charge in [0.1, 0.15) is 0 Å². The summed E-state index contributed by atoms with van der Waals surface area (Å²) in [6.07, 6.45) is -3.70. The van der Waals surface area contributed by atoms with Crippen LogP contribution < -0.4 is 11.1 Å². The number of nitrogens with two attached hydrogens (primary N) is 1. The predicted octanol–water partition coefficient (Wildman–Crippen LogP) is 4.33.